The molecule has 1 heterocycles. The van der Waals surface area contributed by atoms with E-state index in [0.717, 1.165) is 28.9 Å². The molecule has 0 radical (unpaired) electrons. The quantitative estimate of drug-likeness (QED) is 0.543. The van der Waals surface area contributed by atoms with Crippen LogP contribution in [0.2, 0.25) is 0 Å². The minimum atomic E-state index is -0.795. The van der Waals surface area contributed by atoms with E-state index < -0.39 is 12.1 Å². The fourth-order valence-corrected chi connectivity index (χ4v) is 4.65. The van der Waals surface area contributed by atoms with Crippen molar-refractivity contribution in [2.45, 2.75) is 37.4 Å². The number of ether oxygens (including phenoxy) is 1. The average Bonchev–Trinajstić information content (AvgIpc) is 3.38. The van der Waals surface area contributed by atoms with Crippen LogP contribution in [0.15, 0.2) is 84.9 Å². The van der Waals surface area contributed by atoms with Crippen molar-refractivity contribution < 1.29 is 14.3 Å². The number of carbonyl (C=O) groups is 2. The molecular formula is C28H31N3O3. The van der Waals surface area contributed by atoms with Gasteiger partial charge in [0.25, 0.3) is 0 Å². The summed E-state index contributed by atoms with van der Waals surface area (Å²) >= 11 is 0. The summed E-state index contributed by atoms with van der Waals surface area (Å²) in [5.41, 5.74) is 9.53. The van der Waals surface area contributed by atoms with Crippen LogP contribution in [-0.4, -0.2) is 42.5 Å². The van der Waals surface area contributed by atoms with E-state index in [2.05, 4.69) is 5.32 Å². The Labute approximate surface area is 200 Å². The first kappa shape index (κ1) is 23.5. The molecule has 2 amide bonds. The highest BCUT2D eigenvalue weighted by molar-refractivity contribution is 5.91. The largest absolute Gasteiger partial charge is 0.497 e. The predicted molar refractivity (Wildman–Crippen MR) is 132 cm³/mol. The highest BCUT2D eigenvalue weighted by Crippen LogP contribution is 2.30. The zero-order chi connectivity index (χ0) is 23.9. The topological polar surface area (TPSA) is 84.7 Å². The van der Waals surface area contributed by atoms with Crippen LogP contribution >= 0.6 is 0 Å². The minimum Gasteiger partial charge on any atom is -0.497 e. The zero-order valence-corrected chi connectivity index (χ0v) is 19.4. The number of benzene rings is 3. The minimum absolute atomic E-state index is 0.156. The molecule has 6 nitrogen and oxygen atoms in total. The van der Waals surface area contributed by atoms with Gasteiger partial charge in [0.15, 0.2) is 0 Å². The van der Waals surface area contributed by atoms with Crippen molar-refractivity contribution in [1.29, 1.82) is 0 Å². The van der Waals surface area contributed by atoms with Gasteiger partial charge in [-0.1, -0.05) is 72.8 Å². The van der Waals surface area contributed by atoms with Gasteiger partial charge in [0, 0.05) is 19.0 Å². The molecule has 2 atom stereocenters. The molecule has 3 aromatic carbocycles. The molecular weight excluding hydrogens is 426 g/mol. The van der Waals surface area contributed by atoms with E-state index >= 15 is 0 Å². The Morgan fingerprint density at radius 2 is 1.65 bits per heavy atom. The van der Waals surface area contributed by atoms with Gasteiger partial charge in [0.1, 0.15) is 11.8 Å². The van der Waals surface area contributed by atoms with Crippen molar-refractivity contribution in [3.8, 4) is 5.75 Å². The number of nitrogens with one attached hydrogen (secondary N) is 1. The first-order valence-corrected chi connectivity index (χ1v) is 11.6. The van der Waals surface area contributed by atoms with Gasteiger partial charge in [-0.25, -0.2) is 0 Å². The molecule has 6 heteroatoms. The summed E-state index contributed by atoms with van der Waals surface area (Å²) in [6.45, 7) is 0.900. The maximum absolute atomic E-state index is 13.6. The third-order valence-electron chi connectivity index (χ3n) is 6.40. The van der Waals surface area contributed by atoms with Gasteiger partial charge < -0.3 is 20.7 Å². The molecule has 0 aliphatic carbocycles. The fraction of sp³-hybridized carbons (Fsp3) is 0.286. The number of nitrogens with zero attached hydrogens (tertiary/aromatic N) is 1. The smallest absolute Gasteiger partial charge is 0.243 e. The van der Waals surface area contributed by atoms with Crippen LogP contribution in [0, 0.1) is 0 Å². The molecule has 0 unspecified atom stereocenters. The van der Waals surface area contributed by atoms with Gasteiger partial charge in [-0.05, 0) is 41.7 Å². The third kappa shape index (κ3) is 5.29. The van der Waals surface area contributed by atoms with Crippen LogP contribution in [0.3, 0.4) is 0 Å². The Morgan fingerprint density at radius 1 is 1.00 bits per heavy atom. The van der Waals surface area contributed by atoms with Crippen molar-refractivity contribution >= 4 is 11.8 Å². The first-order valence-electron chi connectivity index (χ1n) is 11.6. The Bertz CT molecular complexity index is 1060. The van der Waals surface area contributed by atoms with Gasteiger partial charge in [-0.15, -0.1) is 0 Å². The Morgan fingerprint density at radius 3 is 2.26 bits per heavy atom. The lowest BCUT2D eigenvalue weighted by molar-refractivity contribution is -0.139. The Hall–Kier alpha value is -3.64. The van der Waals surface area contributed by atoms with Crippen LogP contribution in [0.1, 0.15) is 35.4 Å². The summed E-state index contributed by atoms with van der Waals surface area (Å²) in [6, 6.07) is 25.9. The molecule has 1 aliphatic rings. The standard InChI is InChI=1S/C28H31N3O3/c1-34-23-15-8-10-20(18-23)19-30-27(32)24-16-9-17-31(24)28(33)26(29)25(21-11-4-2-5-12-21)22-13-6-3-7-14-22/h2-8,10-15,18,24-26H,9,16-17,19,29H2,1H3,(H,30,32)/t24-,26+/m0/s1. The van der Waals surface area contributed by atoms with E-state index in [0.29, 0.717) is 19.5 Å². The highest BCUT2D eigenvalue weighted by Gasteiger charge is 2.39. The van der Waals surface area contributed by atoms with Crippen LogP contribution in [-0.2, 0) is 16.1 Å². The van der Waals surface area contributed by atoms with Crippen molar-refractivity contribution in [2.24, 2.45) is 5.73 Å². The van der Waals surface area contributed by atoms with E-state index in [-0.39, 0.29) is 17.7 Å². The molecule has 34 heavy (non-hydrogen) atoms. The fourth-order valence-electron chi connectivity index (χ4n) is 4.65. The second-order valence-electron chi connectivity index (χ2n) is 8.58. The maximum atomic E-state index is 13.6. The second kappa shape index (κ2) is 11.0. The molecule has 0 saturated carbocycles. The van der Waals surface area contributed by atoms with Crippen molar-refractivity contribution in [3.05, 3.63) is 102 Å². The maximum Gasteiger partial charge on any atom is 0.243 e. The molecule has 1 saturated heterocycles. The summed E-state index contributed by atoms with van der Waals surface area (Å²) in [4.78, 5) is 28.3. The summed E-state index contributed by atoms with van der Waals surface area (Å²) in [5.74, 6) is 0.0906. The number of carbonyl (C=O) groups excluding carboxylic acids is 2. The van der Waals surface area contributed by atoms with Crippen LogP contribution in [0.4, 0.5) is 0 Å². The molecule has 0 bridgehead atoms. The SMILES string of the molecule is COc1cccc(CNC(=O)[C@@H]2CCCN2C(=O)[C@H](N)C(c2ccccc2)c2ccccc2)c1. The lowest BCUT2D eigenvalue weighted by atomic mass is 9.84. The summed E-state index contributed by atoms with van der Waals surface area (Å²) in [6.07, 6.45) is 1.40. The lowest BCUT2D eigenvalue weighted by Crippen LogP contribution is -2.52. The lowest BCUT2D eigenvalue weighted by Gasteiger charge is -2.31. The second-order valence-corrected chi connectivity index (χ2v) is 8.58. The molecule has 1 fully saturated rings. The van der Waals surface area contributed by atoms with E-state index in [1.54, 1.807) is 12.0 Å². The molecule has 0 aromatic heterocycles. The molecule has 3 aromatic rings. The van der Waals surface area contributed by atoms with Gasteiger partial charge in [0.05, 0.1) is 13.2 Å². The third-order valence-corrected chi connectivity index (χ3v) is 6.40. The molecule has 3 N–H and O–H groups in total. The number of methoxy groups -OCH3 is 1. The number of nitrogens with two attached hydrogens (primary N) is 1. The number of amides is 2. The van der Waals surface area contributed by atoms with E-state index in [1.165, 1.54) is 0 Å². The zero-order valence-electron chi connectivity index (χ0n) is 19.4. The molecule has 0 spiro atoms. The summed E-state index contributed by atoms with van der Waals surface area (Å²) in [7, 11) is 1.61. The number of rotatable bonds is 8. The van der Waals surface area contributed by atoms with Crippen molar-refractivity contribution in [1.82, 2.24) is 10.2 Å². The van der Waals surface area contributed by atoms with Crippen LogP contribution < -0.4 is 15.8 Å². The van der Waals surface area contributed by atoms with Gasteiger partial charge in [0.2, 0.25) is 11.8 Å². The van der Waals surface area contributed by atoms with Gasteiger partial charge in [-0.2, -0.15) is 0 Å². The molecule has 176 valence electrons. The normalized spacial score (nSPS) is 16.3. The summed E-state index contributed by atoms with van der Waals surface area (Å²) < 4.78 is 5.25. The molecule has 4 rings (SSSR count). The van der Waals surface area contributed by atoms with E-state index in [9.17, 15) is 9.59 Å². The highest BCUT2D eigenvalue weighted by atomic mass is 16.5. The van der Waals surface area contributed by atoms with Crippen molar-refractivity contribution in [2.75, 3.05) is 13.7 Å². The number of hydrogen-bond acceptors (Lipinski definition) is 4. The van der Waals surface area contributed by atoms with Crippen molar-refractivity contribution in [3.63, 3.8) is 0 Å². The van der Waals surface area contributed by atoms with E-state index in [4.69, 9.17) is 10.5 Å². The monoisotopic (exact) mass is 457 g/mol. The van der Waals surface area contributed by atoms with Gasteiger partial charge in [-0.3, -0.25) is 9.59 Å². The van der Waals surface area contributed by atoms with Gasteiger partial charge >= 0.3 is 0 Å². The van der Waals surface area contributed by atoms with Crippen LogP contribution in [0.5, 0.6) is 5.75 Å². The molecule has 1 aliphatic heterocycles. The first-order chi connectivity index (χ1) is 16.6. The van der Waals surface area contributed by atoms with E-state index in [1.807, 2.05) is 84.9 Å². The number of hydrogen-bond donors (Lipinski definition) is 2. The average molecular weight is 458 g/mol. The Balaban J connectivity index is 1.49. The summed E-state index contributed by atoms with van der Waals surface area (Å²) in [5, 5.41) is 2.98. The Kier molecular flexibility index (Phi) is 7.60. The number of likely N-dealkylation sites (tertiary alicyclic amines) is 1. The predicted octanol–water partition coefficient (Wildman–Crippen LogP) is 3.46. The van der Waals surface area contributed by atoms with Crippen LogP contribution in [0.25, 0.3) is 0 Å².